The van der Waals surface area contributed by atoms with E-state index in [0.717, 1.165) is 31.1 Å². The molecule has 2 rings (SSSR count). The molecule has 1 aliphatic heterocycles. The van der Waals surface area contributed by atoms with Gasteiger partial charge < -0.3 is 10.1 Å². The number of benzene rings is 1. The third-order valence-electron chi connectivity index (χ3n) is 2.34. The Morgan fingerprint density at radius 2 is 2.40 bits per heavy atom. The molecule has 80 valence electrons. The third-order valence-corrected chi connectivity index (χ3v) is 2.34. The zero-order chi connectivity index (χ0) is 10.5. The molecule has 3 nitrogen and oxygen atoms in total. The summed E-state index contributed by atoms with van der Waals surface area (Å²) in [6.07, 6.45) is 0.869. The molecule has 0 saturated carbocycles. The Morgan fingerprint density at radius 3 is 3.13 bits per heavy atom. The SMILES string of the molecule is Cc1cccc(OCCC2=NCCN2)c1. The lowest BCUT2D eigenvalue weighted by Gasteiger charge is -2.06. The number of aliphatic imine (C=N–C) groups is 1. The van der Waals surface area contributed by atoms with Crippen LogP contribution in [0.2, 0.25) is 0 Å². The van der Waals surface area contributed by atoms with Gasteiger partial charge in [-0.05, 0) is 24.6 Å². The molecular formula is C12H16N2O. The van der Waals surface area contributed by atoms with Gasteiger partial charge in [-0.2, -0.15) is 0 Å². The van der Waals surface area contributed by atoms with Crippen molar-refractivity contribution in [3.8, 4) is 5.75 Å². The molecule has 0 spiro atoms. The van der Waals surface area contributed by atoms with E-state index in [0.29, 0.717) is 6.61 Å². The normalized spacial score (nSPS) is 14.6. The van der Waals surface area contributed by atoms with E-state index in [4.69, 9.17) is 4.74 Å². The van der Waals surface area contributed by atoms with Gasteiger partial charge in [-0.1, -0.05) is 12.1 Å². The van der Waals surface area contributed by atoms with Crippen molar-refractivity contribution in [3.63, 3.8) is 0 Å². The summed E-state index contributed by atoms with van der Waals surface area (Å²) >= 11 is 0. The molecule has 0 saturated heterocycles. The fraction of sp³-hybridized carbons (Fsp3) is 0.417. The minimum Gasteiger partial charge on any atom is -0.493 e. The van der Waals surface area contributed by atoms with Crippen LogP contribution in [-0.2, 0) is 0 Å². The standard InChI is InChI=1S/C12H16N2O/c1-10-3-2-4-11(9-10)15-8-5-12-13-6-7-14-12/h2-4,9H,5-8H2,1H3,(H,13,14). The zero-order valence-electron chi connectivity index (χ0n) is 8.99. The summed E-state index contributed by atoms with van der Waals surface area (Å²) in [6.45, 7) is 4.63. The summed E-state index contributed by atoms with van der Waals surface area (Å²) in [5.41, 5.74) is 1.23. The summed E-state index contributed by atoms with van der Waals surface area (Å²) in [5, 5.41) is 3.22. The highest BCUT2D eigenvalue weighted by Crippen LogP contribution is 2.12. The second kappa shape index (κ2) is 4.82. The minimum absolute atomic E-state index is 0.690. The second-order valence-corrected chi connectivity index (χ2v) is 3.67. The van der Waals surface area contributed by atoms with E-state index in [1.807, 2.05) is 18.2 Å². The van der Waals surface area contributed by atoms with Crippen LogP contribution < -0.4 is 10.1 Å². The van der Waals surface area contributed by atoms with Gasteiger partial charge in [0.2, 0.25) is 0 Å². The van der Waals surface area contributed by atoms with Crippen LogP contribution in [0.5, 0.6) is 5.75 Å². The Balaban J connectivity index is 1.78. The van der Waals surface area contributed by atoms with Crippen molar-refractivity contribution in [3.05, 3.63) is 29.8 Å². The molecule has 1 heterocycles. The predicted octanol–water partition coefficient (Wildman–Crippen LogP) is 1.77. The molecule has 1 N–H and O–H groups in total. The average Bonchev–Trinajstić information content (AvgIpc) is 2.71. The number of nitrogens with one attached hydrogen (secondary N) is 1. The smallest absolute Gasteiger partial charge is 0.119 e. The van der Waals surface area contributed by atoms with Gasteiger partial charge in [-0.3, -0.25) is 4.99 Å². The summed E-state index contributed by atoms with van der Waals surface area (Å²) in [5.74, 6) is 2.01. The molecule has 0 amide bonds. The molecule has 1 aromatic rings. The largest absolute Gasteiger partial charge is 0.493 e. The molecule has 0 bridgehead atoms. The Bertz CT molecular complexity index is 360. The maximum Gasteiger partial charge on any atom is 0.119 e. The summed E-state index contributed by atoms with van der Waals surface area (Å²) < 4.78 is 5.63. The van der Waals surface area contributed by atoms with E-state index in [1.165, 1.54) is 5.56 Å². The molecule has 1 aromatic carbocycles. The van der Waals surface area contributed by atoms with Crippen LogP contribution >= 0.6 is 0 Å². The van der Waals surface area contributed by atoms with Crippen molar-refractivity contribution in [2.24, 2.45) is 4.99 Å². The lowest BCUT2D eigenvalue weighted by Crippen LogP contribution is -2.20. The summed E-state index contributed by atoms with van der Waals surface area (Å²) in [6, 6.07) is 8.10. The quantitative estimate of drug-likeness (QED) is 0.811. The van der Waals surface area contributed by atoms with E-state index in [1.54, 1.807) is 0 Å². The molecule has 15 heavy (non-hydrogen) atoms. The van der Waals surface area contributed by atoms with Crippen molar-refractivity contribution in [2.75, 3.05) is 19.7 Å². The van der Waals surface area contributed by atoms with Crippen molar-refractivity contribution in [1.29, 1.82) is 0 Å². The van der Waals surface area contributed by atoms with E-state index >= 15 is 0 Å². The first-order chi connectivity index (χ1) is 7.34. The van der Waals surface area contributed by atoms with Crippen LogP contribution in [-0.4, -0.2) is 25.5 Å². The number of nitrogens with zero attached hydrogens (tertiary/aromatic N) is 1. The van der Waals surface area contributed by atoms with Crippen molar-refractivity contribution in [2.45, 2.75) is 13.3 Å². The molecule has 0 aliphatic carbocycles. The van der Waals surface area contributed by atoms with Crippen LogP contribution in [0.4, 0.5) is 0 Å². The van der Waals surface area contributed by atoms with E-state index in [2.05, 4.69) is 23.3 Å². The van der Waals surface area contributed by atoms with E-state index < -0.39 is 0 Å². The highest BCUT2D eigenvalue weighted by Gasteiger charge is 2.04. The first-order valence-electron chi connectivity index (χ1n) is 5.31. The Hall–Kier alpha value is -1.51. The predicted molar refractivity (Wildman–Crippen MR) is 61.6 cm³/mol. The summed E-state index contributed by atoms with van der Waals surface area (Å²) in [7, 11) is 0. The van der Waals surface area contributed by atoms with Crippen molar-refractivity contribution < 1.29 is 4.74 Å². The van der Waals surface area contributed by atoms with Crippen LogP contribution in [0, 0.1) is 6.92 Å². The monoisotopic (exact) mass is 204 g/mol. The number of aryl methyl sites for hydroxylation is 1. The average molecular weight is 204 g/mol. The topological polar surface area (TPSA) is 33.6 Å². The number of ether oxygens (including phenoxy) is 1. The molecular weight excluding hydrogens is 188 g/mol. The molecule has 0 radical (unpaired) electrons. The molecule has 0 aromatic heterocycles. The number of amidine groups is 1. The van der Waals surface area contributed by atoms with Crippen LogP contribution in [0.15, 0.2) is 29.3 Å². The minimum atomic E-state index is 0.690. The first kappa shape index (κ1) is 10.0. The van der Waals surface area contributed by atoms with Crippen molar-refractivity contribution >= 4 is 5.84 Å². The van der Waals surface area contributed by atoms with Gasteiger partial charge in [0, 0.05) is 13.0 Å². The van der Waals surface area contributed by atoms with Crippen LogP contribution in [0.3, 0.4) is 0 Å². The van der Waals surface area contributed by atoms with Gasteiger partial charge in [0.1, 0.15) is 5.75 Å². The van der Waals surface area contributed by atoms with E-state index in [-0.39, 0.29) is 0 Å². The Kier molecular flexibility index (Phi) is 3.22. The van der Waals surface area contributed by atoms with Gasteiger partial charge in [-0.15, -0.1) is 0 Å². The van der Waals surface area contributed by atoms with Gasteiger partial charge in [0.05, 0.1) is 19.0 Å². The van der Waals surface area contributed by atoms with Gasteiger partial charge >= 0.3 is 0 Å². The molecule has 0 atom stereocenters. The van der Waals surface area contributed by atoms with Crippen molar-refractivity contribution in [1.82, 2.24) is 5.32 Å². The zero-order valence-corrected chi connectivity index (χ0v) is 8.99. The maximum absolute atomic E-state index is 5.63. The molecule has 1 aliphatic rings. The number of rotatable bonds is 4. The highest BCUT2D eigenvalue weighted by atomic mass is 16.5. The number of hydrogen-bond acceptors (Lipinski definition) is 3. The summed E-state index contributed by atoms with van der Waals surface area (Å²) in [4.78, 5) is 4.31. The lowest BCUT2D eigenvalue weighted by molar-refractivity contribution is 0.328. The second-order valence-electron chi connectivity index (χ2n) is 3.67. The van der Waals surface area contributed by atoms with Gasteiger partial charge in [-0.25, -0.2) is 0 Å². The van der Waals surface area contributed by atoms with E-state index in [9.17, 15) is 0 Å². The lowest BCUT2D eigenvalue weighted by atomic mass is 10.2. The fourth-order valence-corrected chi connectivity index (χ4v) is 1.59. The first-order valence-corrected chi connectivity index (χ1v) is 5.31. The highest BCUT2D eigenvalue weighted by molar-refractivity contribution is 5.83. The Morgan fingerprint density at radius 1 is 1.47 bits per heavy atom. The molecule has 3 heteroatoms. The maximum atomic E-state index is 5.63. The van der Waals surface area contributed by atoms with Gasteiger partial charge in [0.15, 0.2) is 0 Å². The number of hydrogen-bond donors (Lipinski definition) is 1. The molecule has 0 unspecified atom stereocenters. The molecule has 0 fully saturated rings. The Labute approximate surface area is 90.2 Å². The third kappa shape index (κ3) is 2.98. The van der Waals surface area contributed by atoms with Crippen LogP contribution in [0.25, 0.3) is 0 Å². The van der Waals surface area contributed by atoms with Crippen LogP contribution in [0.1, 0.15) is 12.0 Å². The fourth-order valence-electron chi connectivity index (χ4n) is 1.59. The van der Waals surface area contributed by atoms with Gasteiger partial charge in [0.25, 0.3) is 0 Å².